The van der Waals surface area contributed by atoms with E-state index in [1.807, 2.05) is 45.0 Å². The first-order valence-electron chi connectivity index (χ1n) is 9.87. The van der Waals surface area contributed by atoms with Crippen LogP contribution < -0.4 is 0 Å². The van der Waals surface area contributed by atoms with Crippen LogP contribution in [0, 0.1) is 5.92 Å². The fraction of sp³-hybridized carbons (Fsp3) is 0.348. The Morgan fingerprint density at radius 2 is 1.61 bits per heavy atom. The third kappa shape index (κ3) is 6.18. The second kappa shape index (κ2) is 9.97. The molecule has 1 aliphatic rings. The summed E-state index contributed by atoms with van der Waals surface area (Å²) in [5, 5.41) is 0.776. The van der Waals surface area contributed by atoms with Crippen LogP contribution in [0.15, 0.2) is 57.9 Å². The van der Waals surface area contributed by atoms with E-state index < -0.39 is 23.3 Å². The van der Waals surface area contributed by atoms with E-state index in [9.17, 15) is 14.4 Å². The minimum atomic E-state index is -0.610. The van der Waals surface area contributed by atoms with Gasteiger partial charge in [0.1, 0.15) is 5.60 Å². The van der Waals surface area contributed by atoms with Crippen molar-refractivity contribution in [1.29, 1.82) is 0 Å². The van der Waals surface area contributed by atoms with Crippen LogP contribution in [0.25, 0.3) is 0 Å². The lowest BCUT2D eigenvalue weighted by Gasteiger charge is -2.24. The van der Waals surface area contributed by atoms with Gasteiger partial charge in [0.05, 0.1) is 23.7 Å². The number of carbonyl (C=O) groups excluding carboxylic acids is 3. The first-order valence-corrected chi connectivity index (χ1v) is 11.7. The summed E-state index contributed by atoms with van der Waals surface area (Å²) in [6.07, 6.45) is 0.311. The molecule has 0 radical (unpaired) electrons. The van der Waals surface area contributed by atoms with E-state index in [0.717, 1.165) is 14.4 Å². The molecule has 3 rings (SSSR count). The van der Waals surface area contributed by atoms with Gasteiger partial charge in [-0.15, -0.1) is 16.8 Å². The van der Waals surface area contributed by atoms with Gasteiger partial charge in [-0.25, -0.2) is 0 Å². The average Bonchev–Trinajstić information content (AvgIpc) is 2.95. The summed E-state index contributed by atoms with van der Waals surface area (Å²) < 4.78 is 6.54. The lowest BCUT2D eigenvalue weighted by molar-refractivity contribution is -0.160. The Labute approximate surface area is 194 Å². The minimum Gasteiger partial charge on any atom is -0.460 e. The standard InChI is InChI=1S/C23H24BrNO5S/c1-23(2,3)30-22(28)15(14-31-17-10-8-16(24)9-11-17)12-13-29-25-20(26)18-6-4-5-7-19(18)21(25)27/h4-11,15H,12-14H2,1-3H3. The predicted molar refractivity (Wildman–Crippen MR) is 122 cm³/mol. The van der Waals surface area contributed by atoms with Crippen molar-refractivity contribution in [3.63, 3.8) is 0 Å². The highest BCUT2D eigenvalue weighted by molar-refractivity contribution is 9.10. The zero-order chi connectivity index (χ0) is 22.6. The Balaban J connectivity index is 1.61. The van der Waals surface area contributed by atoms with E-state index in [1.165, 1.54) is 0 Å². The SMILES string of the molecule is CC(C)(C)OC(=O)C(CCON1C(=O)c2ccccc2C1=O)CSc1ccc(Br)cc1. The van der Waals surface area contributed by atoms with E-state index >= 15 is 0 Å². The van der Waals surface area contributed by atoms with Crippen LogP contribution in [-0.4, -0.2) is 40.8 Å². The number of nitrogens with zero attached hydrogens (tertiary/aromatic N) is 1. The molecule has 0 N–H and O–H groups in total. The maximum Gasteiger partial charge on any atom is 0.310 e. The number of fused-ring (bicyclic) bond motifs is 1. The Kier molecular flexibility index (Phi) is 7.56. The van der Waals surface area contributed by atoms with Crippen LogP contribution in [0.3, 0.4) is 0 Å². The summed E-state index contributed by atoms with van der Waals surface area (Å²) in [5.41, 5.74) is 0.0324. The molecule has 2 aromatic carbocycles. The number of benzene rings is 2. The molecule has 31 heavy (non-hydrogen) atoms. The van der Waals surface area contributed by atoms with Gasteiger partial charge >= 0.3 is 5.97 Å². The van der Waals surface area contributed by atoms with E-state index in [1.54, 1.807) is 36.0 Å². The Morgan fingerprint density at radius 1 is 1.03 bits per heavy atom. The topological polar surface area (TPSA) is 72.9 Å². The fourth-order valence-electron chi connectivity index (χ4n) is 2.95. The molecule has 0 aromatic heterocycles. The van der Waals surface area contributed by atoms with E-state index in [0.29, 0.717) is 23.3 Å². The van der Waals surface area contributed by atoms with Gasteiger partial charge < -0.3 is 4.74 Å². The molecule has 0 aliphatic carbocycles. The Bertz CT molecular complexity index is 936. The molecule has 1 atom stereocenters. The van der Waals surface area contributed by atoms with Gasteiger partial charge in [0.2, 0.25) is 0 Å². The molecule has 0 saturated heterocycles. The number of esters is 1. The summed E-state index contributed by atoms with van der Waals surface area (Å²) in [6, 6.07) is 14.4. The molecule has 6 nitrogen and oxygen atoms in total. The van der Waals surface area contributed by atoms with E-state index in [2.05, 4.69) is 15.9 Å². The van der Waals surface area contributed by atoms with E-state index in [-0.39, 0.29) is 12.6 Å². The van der Waals surface area contributed by atoms with Crippen molar-refractivity contribution in [3.8, 4) is 0 Å². The largest absolute Gasteiger partial charge is 0.460 e. The molecule has 2 amide bonds. The van der Waals surface area contributed by atoms with Gasteiger partial charge in [-0.2, -0.15) is 0 Å². The predicted octanol–water partition coefficient (Wildman–Crippen LogP) is 5.12. The summed E-state index contributed by atoms with van der Waals surface area (Å²) in [5.74, 6) is -1.27. The van der Waals surface area contributed by atoms with Crippen LogP contribution in [0.2, 0.25) is 0 Å². The molecule has 1 aliphatic heterocycles. The van der Waals surface area contributed by atoms with Crippen LogP contribution in [0.1, 0.15) is 47.9 Å². The third-order valence-electron chi connectivity index (χ3n) is 4.45. The molecule has 8 heteroatoms. The Hall–Kier alpha value is -2.16. The van der Waals surface area contributed by atoms with Crippen molar-refractivity contribution in [1.82, 2.24) is 5.06 Å². The number of amides is 2. The second-order valence-corrected chi connectivity index (χ2v) is 10.1. The van der Waals surface area contributed by atoms with Crippen molar-refractivity contribution in [2.45, 2.75) is 37.7 Å². The number of thioether (sulfide) groups is 1. The summed E-state index contributed by atoms with van der Waals surface area (Å²) in [6.45, 7) is 5.49. The zero-order valence-electron chi connectivity index (χ0n) is 17.6. The number of hydrogen-bond acceptors (Lipinski definition) is 6. The van der Waals surface area contributed by atoms with Gasteiger partial charge in [-0.3, -0.25) is 19.2 Å². The van der Waals surface area contributed by atoms with Gasteiger partial charge in [0.15, 0.2) is 0 Å². The van der Waals surface area contributed by atoms with Crippen LogP contribution in [0.4, 0.5) is 0 Å². The van der Waals surface area contributed by atoms with E-state index in [4.69, 9.17) is 9.57 Å². The molecule has 0 bridgehead atoms. The highest BCUT2D eigenvalue weighted by Gasteiger charge is 2.36. The molecule has 0 spiro atoms. The summed E-state index contributed by atoms with van der Waals surface area (Å²) in [7, 11) is 0. The molecule has 1 unspecified atom stereocenters. The normalized spacial score (nSPS) is 14.5. The van der Waals surface area contributed by atoms with Gasteiger partial charge in [0.25, 0.3) is 11.8 Å². The smallest absolute Gasteiger partial charge is 0.310 e. The molecule has 0 fully saturated rings. The third-order valence-corrected chi connectivity index (χ3v) is 6.15. The number of rotatable bonds is 8. The second-order valence-electron chi connectivity index (χ2n) is 8.07. The van der Waals surface area contributed by atoms with Gasteiger partial charge in [-0.1, -0.05) is 28.1 Å². The minimum absolute atomic E-state index is 0.0380. The molecular formula is C23H24BrNO5S. The summed E-state index contributed by atoms with van der Waals surface area (Å²) in [4.78, 5) is 44.1. The van der Waals surface area contributed by atoms with Crippen molar-refractivity contribution in [2.75, 3.05) is 12.4 Å². The average molecular weight is 506 g/mol. The van der Waals surface area contributed by atoms with Crippen molar-refractivity contribution in [2.24, 2.45) is 5.92 Å². The maximum absolute atomic E-state index is 12.7. The fourth-order valence-corrected chi connectivity index (χ4v) is 4.24. The first-order chi connectivity index (χ1) is 14.7. The Morgan fingerprint density at radius 3 is 2.16 bits per heavy atom. The van der Waals surface area contributed by atoms with Crippen LogP contribution in [-0.2, 0) is 14.4 Å². The highest BCUT2D eigenvalue weighted by atomic mass is 79.9. The molecule has 0 saturated carbocycles. The van der Waals surface area contributed by atoms with Gasteiger partial charge in [0, 0.05) is 15.1 Å². The maximum atomic E-state index is 12.7. The van der Waals surface area contributed by atoms with Crippen LogP contribution in [0.5, 0.6) is 0 Å². The molecular weight excluding hydrogens is 482 g/mol. The zero-order valence-corrected chi connectivity index (χ0v) is 20.0. The summed E-state index contributed by atoms with van der Waals surface area (Å²) >= 11 is 4.95. The molecule has 2 aromatic rings. The van der Waals surface area contributed by atoms with Crippen LogP contribution >= 0.6 is 27.7 Å². The number of hydrogen-bond donors (Lipinski definition) is 0. The quantitative estimate of drug-likeness (QED) is 0.281. The lowest BCUT2D eigenvalue weighted by atomic mass is 10.1. The van der Waals surface area contributed by atoms with Crippen molar-refractivity contribution < 1.29 is 24.0 Å². The number of halogens is 1. The number of ether oxygens (including phenoxy) is 1. The molecule has 164 valence electrons. The van der Waals surface area contributed by atoms with Crippen molar-refractivity contribution in [3.05, 3.63) is 64.1 Å². The molecule has 1 heterocycles. The lowest BCUT2D eigenvalue weighted by Crippen LogP contribution is -2.33. The van der Waals surface area contributed by atoms with Gasteiger partial charge in [-0.05, 0) is 63.6 Å². The number of carbonyl (C=O) groups is 3. The monoisotopic (exact) mass is 505 g/mol. The van der Waals surface area contributed by atoms with Crippen molar-refractivity contribution >= 4 is 45.5 Å². The number of hydroxylamine groups is 2. The highest BCUT2D eigenvalue weighted by Crippen LogP contribution is 2.27. The number of imide groups is 1. The first kappa shape index (κ1) is 23.5.